The van der Waals surface area contributed by atoms with Gasteiger partial charge in [-0.2, -0.15) is 0 Å². The summed E-state index contributed by atoms with van der Waals surface area (Å²) in [5.41, 5.74) is 2.67. The SMILES string of the molecule is C=CCO[C@@]12Oc3ccc(O)cc3[C@H]3[C@H](CCCCO)[C@@H](CCCCO)C=C(C(=NOC4CCCCO4)C[C@@H]1N(C)C(=O)CCCCCCCCCCC)[C@H]32. The van der Waals surface area contributed by atoms with Gasteiger partial charge in [-0.1, -0.05) is 88.4 Å². The Morgan fingerprint density at radius 2 is 1.73 bits per heavy atom. The molecule has 1 unspecified atom stereocenters. The summed E-state index contributed by atoms with van der Waals surface area (Å²) in [7, 11) is 1.88. The number of carbonyl (C=O) groups excluding carboxylic acids is 1. The standard InChI is InChI=1S/C45H70N2O8/c1-4-6-7-8-9-10-11-12-13-22-41(51)47(3)40-32-38(46-55-42-23-16-19-29-52-42)36-30-33(20-14-17-26-48)35(21-15-18-27-49)43-37-31-34(50)24-25-39(37)54-45(40,44(36)43)53-28-5-2/h5,24-25,30-31,33,35,40,42-44,48-50H,2,4,6-23,26-29,32H2,1,3H3/t33-,35+,40-,42?,43+,44+,45+/m0/s1. The number of hydrogen-bond acceptors (Lipinski definition) is 9. The van der Waals surface area contributed by atoms with E-state index in [-0.39, 0.29) is 55.1 Å². The summed E-state index contributed by atoms with van der Waals surface area (Å²) in [4.78, 5) is 22.3. The largest absolute Gasteiger partial charge is 0.508 e. The number of aromatic hydroxyl groups is 1. The lowest BCUT2D eigenvalue weighted by Crippen LogP contribution is -2.69. The van der Waals surface area contributed by atoms with Crippen LogP contribution in [-0.4, -0.2) is 83.4 Å². The lowest BCUT2D eigenvalue weighted by molar-refractivity contribution is -0.256. The number of benzene rings is 1. The quantitative estimate of drug-likeness (QED) is 0.0541. The molecule has 2 fully saturated rings. The zero-order chi connectivity index (χ0) is 39.0. The number of phenolic OH excluding ortho intramolecular Hbond substituents is 1. The average molecular weight is 767 g/mol. The number of amides is 1. The van der Waals surface area contributed by atoms with Crippen LogP contribution >= 0.6 is 0 Å². The third kappa shape index (κ3) is 10.9. The summed E-state index contributed by atoms with van der Waals surface area (Å²) in [6.07, 6.45) is 22.6. The zero-order valence-corrected chi connectivity index (χ0v) is 33.8. The molecule has 4 aliphatic rings. The minimum Gasteiger partial charge on any atom is -0.508 e. The minimum atomic E-state index is -1.27. The van der Waals surface area contributed by atoms with E-state index in [1.54, 1.807) is 12.1 Å². The van der Waals surface area contributed by atoms with Gasteiger partial charge in [-0.15, -0.1) is 6.58 Å². The molecular formula is C45H70N2O8. The maximum atomic E-state index is 14.2. The summed E-state index contributed by atoms with van der Waals surface area (Å²) >= 11 is 0. The number of aliphatic hydroxyl groups is 2. The minimum absolute atomic E-state index is 0.0478. The van der Waals surface area contributed by atoms with Gasteiger partial charge in [-0.3, -0.25) is 4.79 Å². The molecule has 0 radical (unpaired) electrons. The number of nitrogens with zero attached hydrogens (tertiary/aromatic N) is 2. The molecule has 0 bridgehead atoms. The van der Waals surface area contributed by atoms with Gasteiger partial charge in [-0.25, -0.2) is 0 Å². The van der Waals surface area contributed by atoms with E-state index >= 15 is 0 Å². The van der Waals surface area contributed by atoms with E-state index in [2.05, 4.69) is 19.6 Å². The van der Waals surface area contributed by atoms with E-state index in [1.165, 1.54) is 38.5 Å². The first-order valence-corrected chi connectivity index (χ1v) is 21.7. The molecule has 3 N–H and O–H groups in total. The van der Waals surface area contributed by atoms with Crippen molar-refractivity contribution < 1.29 is 39.2 Å². The highest BCUT2D eigenvalue weighted by molar-refractivity contribution is 6.03. The van der Waals surface area contributed by atoms with Crippen molar-refractivity contribution in [3.63, 3.8) is 0 Å². The van der Waals surface area contributed by atoms with E-state index in [0.29, 0.717) is 38.0 Å². The van der Waals surface area contributed by atoms with Crippen molar-refractivity contribution in [3.05, 3.63) is 48.1 Å². The van der Waals surface area contributed by atoms with Crippen molar-refractivity contribution in [3.8, 4) is 11.5 Å². The van der Waals surface area contributed by atoms with Crippen LogP contribution in [0.3, 0.4) is 0 Å². The Labute approximate surface area is 330 Å². The highest BCUT2D eigenvalue weighted by Crippen LogP contribution is 2.61. The van der Waals surface area contributed by atoms with Crippen molar-refractivity contribution in [1.82, 2.24) is 4.90 Å². The Morgan fingerprint density at radius 1 is 1.00 bits per heavy atom. The van der Waals surface area contributed by atoms with Gasteiger partial charge in [-0.05, 0) is 80.6 Å². The predicted molar refractivity (Wildman–Crippen MR) is 216 cm³/mol. The number of aliphatic hydroxyl groups excluding tert-OH is 2. The molecule has 0 spiro atoms. The van der Waals surface area contributed by atoms with E-state index in [9.17, 15) is 20.1 Å². The maximum Gasteiger partial charge on any atom is 0.239 e. The van der Waals surface area contributed by atoms with Crippen LogP contribution in [0.15, 0.2) is 47.7 Å². The molecule has 55 heavy (non-hydrogen) atoms. The van der Waals surface area contributed by atoms with Crippen molar-refractivity contribution in [2.24, 2.45) is 22.9 Å². The van der Waals surface area contributed by atoms with Gasteiger partial charge in [0.1, 0.15) is 17.5 Å². The Morgan fingerprint density at radius 3 is 2.42 bits per heavy atom. The van der Waals surface area contributed by atoms with Crippen LogP contribution < -0.4 is 4.74 Å². The van der Waals surface area contributed by atoms with E-state index in [1.807, 2.05) is 24.1 Å². The molecular weight excluding hydrogens is 697 g/mol. The molecule has 0 aromatic heterocycles. The van der Waals surface area contributed by atoms with E-state index in [4.69, 9.17) is 24.2 Å². The third-order valence-electron chi connectivity index (χ3n) is 12.4. The summed E-state index contributed by atoms with van der Waals surface area (Å²) in [5, 5.41) is 35.4. The van der Waals surface area contributed by atoms with E-state index in [0.717, 1.165) is 81.1 Å². The Kier molecular flexibility index (Phi) is 17.4. The van der Waals surface area contributed by atoms with Gasteiger partial charge in [0, 0.05) is 51.0 Å². The normalized spacial score (nSPS) is 27.8. The van der Waals surface area contributed by atoms with Crippen LogP contribution in [0.1, 0.15) is 147 Å². The van der Waals surface area contributed by atoms with E-state index < -0.39 is 18.1 Å². The summed E-state index contributed by atoms with van der Waals surface area (Å²) in [5.74, 6) is -0.718. The van der Waals surface area contributed by atoms with Crippen LogP contribution in [-0.2, 0) is 19.1 Å². The molecule has 7 atom stereocenters. The molecule has 1 amide bonds. The lowest BCUT2D eigenvalue weighted by Gasteiger charge is -2.59. The monoisotopic (exact) mass is 767 g/mol. The second-order valence-electron chi connectivity index (χ2n) is 16.3. The Hall–Kier alpha value is -2.92. The third-order valence-corrected chi connectivity index (χ3v) is 12.4. The van der Waals surface area contributed by atoms with Gasteiger partial charge in [0.05, 0.1) is 24.8 Å². The fourth-order valence-electron chi connectivity index (χ4n) is 9.59. The summed E-state index contributed by atoms with van der Waals surface area (Å²) in [6.45, 7) is 7.35. The second kappa shape index (κ2) is 22.1. The number of ether oxygens (including phenoxy) is 3. The van der Waals surface area contributed by atoms with Gasteiger partial charge >= 0.3 is 0 Å². The fourth-order valence-corrected chi connectivity index (χ4v) is 9.59. The van der Waals surface area contributed by atoms with Gasteiger partial charge in [0.15, 0.2) is 0 Å². The molecule has 1 saturated heterocycles. The average Bonchev–Trinajstić information content (AvgIpc) is 3.20. The highest BCUT2D eigenvalue weighted by Gasteiger charge is 2.65. The molecule has 5 rings (SSSR count). The fraction of sp³-hybridized carbons (Fsp3) is 0.733. The van der Waals surface area contributed by atoms with Crippen molar-refractivity contribution in [1.29, 1.82) is 0 Å². The van der Waals surface area contributed by atoms with Crippen molar-refractivity contribution in [2.45, 2.75) is 159 Å². The molecule has 10 heteroatoms. The Balaban J connectivity index is 1.54. The van der Waals surface area contributed by atoms with Crippen LogP contribution in [0.25, 0.3) is 0 Å². The molecule has 2 aliphatic heterocycles. The van der Waals surface area contributed by atoms with Gasteiger partial charge in [0.2, 0.25) is 18.0 Å². The summed E-state index contributed by atoms with van der Waals surface area (Å²) in [6, 6.07) is 4.78. The number of unbranched alkanes of at least 4 members (excludes halogenated alkanes) is 10. The molecule has 2 heterocycles. The van der Waals surface area contributed by atoms with Crippen molar-refractivity contribution in [2.75, 3.05) is 33.5 Å². The van der Waals surface area contributed by atoms with Crippen LogP contribution in [0.2, 0.25) is 0 Å². The number of fused-ring (bicyclic) bond motifs is 2. The first kappa shape index (κ1) is 43.2. The number of allylic oxidation sites excluding steroid dienone is 1. The number of rotatable bonds is 24. The van der Waals surface area contributed by atoms with Crippen LogP contribution in [0.5, 0.6) is 11.5 Å². The molecule has 2 aliphatic carbocycles. The topological polar surface area (TPSA) is 130 Å². The highest BCUT2D eigenvalue weighted by atomic mass is 16.8. The molecule has 1 saturated carbocycles. The molecule has 10 nitrogen and oxygen atoms in total. The number of hydrogen-bond donors (Lipinski definition) is 3. The number of likely N-dealkylation sites (N-methyl/N-ethyl adjacent to an activating group) is 1. The second-order valence-corrected chi connectivity index (χ2v) is 16.3. The first-order chi connectivity index (χ1) is 26.9. The first-order valence-electron chi connectivity index (χ1n) is 21.7. The maximum absolute atomic E-state index is 14.2. The van der Waals surface area contributed by atoms with Gasteiger partial charge in [0.25, 0.3) is 0 Å². The van der Waals surface area contributed by atoms with Crippen LogP contribution in [0.4, 0.5) is 0 Å². The predicted octanol–water partition coefficient (Wildman–Crippen LogP) is 8.93. The van der Waals surface area contributed by atoms with Gasteiger partial charge < -0.3 is 39.3 Å². The van der Waals surface area contributed by atoms with Crippen molar-refractivity contribution >= 4 is 11.6 Å². The molecule has 308 valence electrons. The molecule has 1 aromatic carbocycles. The number of oxime groups is 1. The zero-order valence-electron chi connectivity index (χ0n) is 33.8. The number of carbonyl (C=O) groups is 1. The van der Waals surface area contributed by atoms with Crippen LogP contribution in [0, 0.1) is 17.8 Å². The summed E-state index contributed by atoms with van der Waals surface area (Å²) < 4.78 is 20.0. The lowest BCUT2D eigenvalue weighted by atomic mass is 9.55. The Bertz CT molecular complexity index is 1410. The smallest absolute Gasteiger partial charge is 0.239 e. The number of phenols is 1. The molecule has 1 aromatic rings.